The fourth-order valence-electron chi connectivity index (χ4n) is 2.11. The summed E-state index contributed by atoms with van der Waals surface area (Å²) in [6.45, 7) is 1.58. The van der Waals surface area contributed by atoms with Gasteiger partial charge in [-0.25, -0.2) is 0 Å². The molecule has 98 valence electrons. The second-order valence-electron chi connectivity index (χ2n) is 4.62. The van der Waals surface area contributed by atoms with E-state index in [0.29, 0.717) is 18.2 Å². The zero-order valence-electron chi connectivity index (χ0n) is 10.0. The van der Waals surface area contributed by atoms with Gasteiger partial charge in [0.1, 0.15) is 0 Å². The molecule has 0 spiro atoms. The molecule has 0 aliphatic carbocycles. The number of hydrogen-bond donors (Lipinski definition) is 1. The van der Waals surface area contributed by atoms with Crippen LogP contribution >= 0.6 is 11.6 Å². The Kier molecular flexibility index (Phi) is 6.34. The Bertz CT molecular complexity index is 270. The van der Waals surface area contributed by atoms with E-state index in [-0.39, 0.29) is 12.3 Å². The third kappa shape index (κ3) is 5.39. The van der Waals surface area contributed by atoms with E-state index in [1.165, 1.54) is 0 Å². The molecule has 0 saturated carbocycles. The summed E-state index contributed by atoms with van der Waals surface area (Å²) >= 11 is 5.74. The first-order valence-corrected chi connectivity index (χ1v) is 6.72. The lowest BCUT2D eigenvalue weighted by Gasteiger charge is -2.15. The van der Waals surface area contributed by atoms with Crippen LogP contribution in [0.3, 0.4) is 0 Å². The molecule has 1 N–H and O–H groups in total. The normalized spacial score (nSPS) is 19.9. The first-order chi connectivity index (χ1) is 8.13. The predicted octanol–water partition coefficient (Wildman–Crippen LogP) is 2.11. The number of hydrogen-bond acceptors (Lipinski definition) is 2. The van der Waals surface area contributed by atoms with Gasteiger partial charge in [0.2, 0.25) is 5.91 Å². The SMILES string of the molecule is O=C(O)CCCCCCN1CC(CCl)CC1=O. The first kappa shape index (κ1) is 14.3. The van der Waals surface area contributed by atoms with Gasteiger partial charge < -0.3 is 10.0 Å². The van der Waals surface area contributed by atoms with Crippen molar-refractivity contribution < 1.29 is 14.7 Å². The third-order valence-corrected chi connectivity index (χ3v) is 3.52. The van der Waals surface area contributed by atoms with Crippen molar-refractivity contribution in [1.29, 1.82) is 0 Å². The topological polar surface area (TPSA) is 57.6 Å². The van der Waals surface area contributed by atoms with Gasteiger partial charge >= 0.3 is 5.97 Å². The number of rotatable bonds is 8. The van der Waals surface area contributed by atoms with E-state index >= 15 is 0 Å². The van der Waals surface area contributed by atoms with Gasteiger partial charge in [-0.3, -0.25) is 9.59 Å². The Morgan fingerprint density at radius 2 is 2.06 bits per heavy atom. The van der Waals surface area contributed by atoms with Crippen molar-refractivity contribution in [2.75, 3.05) is 19.0 Å². The van der Waals surface area contributed by atoms with Crippen LogP contribution in [0.5, 0.6) is 0 Å². The van der Waals surface area contributed by atoms with Crippen LogP contribution in [0.1, 0.15) is 38.5 Å². The molecule has 17 heavy (non-hydrogen) atoms. The molecule has 0 aromatic heterocycles. The fourth-order valence-corrected chi connectivity index (χ4v) is 2.31. The number of carboxylic acids is 1. The molecular formula is C12H20ClNO3. The minimum absolute atomic E-state index is 0.209. The molecule has 1 atom stereocenters. The van der Waals surface area contributed by atoms with Gasteiger partial charge in [-0.15, -0.1) is 11.6 Å². The highest BCUT2D eigenvalue weighted by Gasteiger charge is 2.27. The van der Waals surface area contributed by atoms with Crippen LogP contribution in [0, 0.1) is 5.92 Å². The lowest BCUT2D eigenvalue weighted by Crippen LogP contribution is -2.26. The van der Waals surface area contributed by atoms with E-state index in [0.717, 1.165) is 38.8 Å². The first-order valence-electron chi connectivity index (χ1n) is 6.19. The summed E-state index contributed by atoms with van der Waals surface area (Å²) in [4.78, 5) is 23.7. The van der Waals surface area contributed by atoms with Crippen molar-refractivity contribution in [3.8, 4) is 0 Å². The van der Waals surface area contributed by atoms with Crippen LogP contribution in [0.25, 0.3) is 0 Å². The maximum atomic E-state index is 11.5. The van der Waals surface area contributed by atoms with Crippen molar-refractivity contribution >= 4 is 23.5 Å². The minimum Gasteiger partial charge on any atom is -0.481 e. The van der Waals surface area contributed by atoms with Crippen LogP contribution in [-0.2, 0) is 9.59 Å². The highest BCUT2D eigenvalue weighted by molar-refractivity contribution is 6.18. The van der Waals surface area contributed by atoms with Gasteiger partial charge in [-0.05, 0) is 18.8 Å². The second kappa shape index (κ2) is 7.54. The van der Waals surface area contributed by atoms with Crippen LogP contribution in [-0.4, -0.2) is 40.9 Å². The molecule has 1 aliphatic heterocycles. The minimum atomic E-state index is -0.732. The molecule has 0 aromatic rings. The Hall–Kier alpha value is -0.770. The smallest absolute Gasteiger partial charge is 0.303 e. The molecule has 0 aromatic carbocycles. The van der Waals surface area contributed by atoms with Crippen LogP contribution in [0.15, 0.2) is 0 Å². The van der Waals surface area contributed by atoms with Crippen molar-refractivity contribution in [3.05, 3.63) is 0 Å². The summed E-state index contributed by atoms with van der Waals surface area (Å²) in [5, 5.41) is 8.47. The van der Waals surface area contributed by atoms with Crippen molar-refractivity contribution in [2.24, 2.45) is 5.92 Å². The quantitative estimate of drug-likeness (QED) is 0.538. The van der Waals surface area contributed by atoms with Crippen molar-refractivity contribution in [3.63, 3.8) is 0 Å². The average molecular weight is 262 g/mol. The summed E-state index contributed by atoms with van der Waals surface area (Å²) < 4.78 is 0. The second-order valence-corrected chi connectivity index (χ2v) is 4.93. The molecule has 0 bridgehead atoms. The van der Waals surface area contributed by atoms with E-state index in [9.17, 15) is 9.59 Å². The van der Waals surface area contributed by atoms with E-state index in [1.54, 1.807) is 0 Å². The number of amides is 1. The molecule has 1 heterocycles. The number of aliphatic carboxylic acids is 1. The van der Waals surface area contributed by atoms with Crippen molar-refractivity contribution in [1.82, 2.24) is 4.90 Å². The van der Waals surface area contributed by atoms with Gasteiger partial charge in [0.15, 0.2) is 0 Å². The predicted molar refractivity (Wildman–Crippen MR) is 66.1 cm³/mol. The summed E-state index contributed by atoms with van der Waals surface area (Å²) in [5.41, 5.74) is 0. The Labute approximate surface area is 107 Å². The largest absolute Gasteiger partial charge is 0.481 e. The fraction of sp³-hybridized carbons (Fsp3) is 0.833. The summed E-state index contributed by atoms with van der Waals surface area (Å²) in [6.07, 6.45) is 4.43. The molecule has 1 rings (SSSR count). The molecule has 1 saturated heterocycles. The van der Waals surface area contributed by atoms with Crippen molar-refractivity contribution in [2.45, 2.75) is 38.5 Å². The summed E-state index contributed by atoms with van der Waals surface area (Å²) in [5.74, 6) is 0.350. The Morgan fingerprint density at radius 1 is 1.35 bits per heavy atom. The third-order valence-electron chi connectivity index (χ3n) is 3.08. The zero-order chi connectivity index (χ0) is 12.7. The molecule has 4 nitrogen and oxygen atoms in total. The molecule has 1 fully saturated rings. The molecule has 1 amide bonds. The molecule has 1 aliphatic rings. The number of unbranched alkanes of at least 4 members (excludes halogenated alkanes) is 3. The monoisotopic (exact) mass is 261 g/mol. The maximum Gasteiger partial charge on any atom is 0.303 e. The van der Waals surface area contributed by atoms with Gasteiger partial charge in [-0.1, -0.05) is 12.8 Å². The summed E-state index contributed by atoms with van der Waals surface area (Å²) in [6, 6.07) is 0. The van der Waals surface area contributed by atoms with E-state index in [4.69, 9.17) is 16.7 Å². The lowest BCUT2D eigenvalue weighted by molar-refractivity contribution is -0.137. The molecule has 5 heteroatoms. The van der Waals surface area contributed by atoms with E-state index in [1.807, 2.05) is 4.90 Å². The number of likely N-dealkylation sites (tertiary alicyclic amines) is 1. The van der Waals surface area contributed by atoms with Crippen LogP contribution < -0.4 is 0 Å². The number of carbonyl (C=O) groups is 2. The van der Waals surface area contributed by atoms with Crippen LogP contribution in [0.4, 0.5) is 0 Å². The Morgan fingerprint density at radius 3 is 2.65 bits per heavy atom. The molecular weight excluding hydrogens is 242 g/mol. The number of nitrogens with zero attached hydrogens (tertiary/aromatic N) is 1. The Balaban J connectivity index is 2.03. The molecule has 1 unspecified atom stereocenters. The lowest BCUT2D eigenvalue weighted by atomic mass is 10.1. The number of alkyl halides is 1. The van der Waals surface area contributed by atoms with Gasteiger partial charge in [-0.2, -0.15) is 0 Å². The maximum absolute atomic E-state index is 11.5. The van der Waals surface area contributed by atoms with Crippen LogP contribution in [0.2, 0.25) is 0 Å². The standard InChI is InChI=1S/C12H20ClNO3/c13-8-10-7-11(15)14(9-10)6-4-2-1-3-5-12(16)17/h10H,1-9H2,(H,16,17). The molecule has 0 radical (unpaired) electrons. The van der Waals surface area contributed by atoms with E-state index < -0.39 is 5.97 Å². The average Bonchev–Trinajstić information content (AvgIpc) is 2.64. The summed E-state index contributed by atoms with van der Waals surface area (Å²) in [7, 11) is 0. The van der Waals surface area contributed by atoms with Gasteiger partial charge in [0.05, 0.1) is 0 Å². The van der Waals surface area contributed by atoms with Gasteiger partial charge in [0.25, 0.3) is 0 Å². The number of carbonyl (C=O) groups excluding carboxylic acids is 1. The highest BCUT2D eigenvalue weighted by Crippen LogP contribution is 2.19. The zero-order valence-corrected chi connectivity index (χ0v) is 10.8. The van der Waals surface area contributed by atoms with Gasteiger partial charge in [0, 0.05) is 31.8 Å². The number of halogens is 1. The van der Waals surface area contributed by atoms with E-state index in [2.05, 4.69) is 0 Å². The highest BCUT2D eigenvalue weighted by atomic mass is 35.5. The number of carboxylic acid groups (broad SMARTS) is 1.